The van der Waals surface area contributed by atoms with Gasteiger partial charge in [-0.1, -0.05) is 40.5 Å². The van der Waals surface area contributed by atoms with Crippen molar-refractivity contribution in [3.8, 4) is 0 Å². The van der Waals surface area contributed by atoms with Crippen molar-refractivity contribution in [2.45, 2.75) is 47.0 Å². The van der Waals surface area contributed by atoms with Crippen LogP contribution < -0.4 is 5.32 Å². The Morgan fingerprint density at radius 2 is 2.00 bits per heavy atom. The van der Waals surface area contributed by atoms with Crippen LogP contribution in [0.25, 0.3) is 0 Å². The van der Waals surface area contributed by atoms with Gasteiger partial charge in [0.1, 0.15) is 0 Å². The Morgan fingerprint density at radius 1 is 1.31 bits per heavy atom. The lowest BCUT2D eigenvalue weighted by molar-refractivity contribution is 0.114. The van der Waals surface area contributed by atoms with Gasteiger partial charge in [0, 0.05) is 0 Å². The van der Waals surface area contributed by atoms with Crippen LogP contribution in [-0.2, 0) is 0 Å². The Bertz CT molecular complexity index is 144. The molecule has 1 aliphatic heterocycles. The molecule has 78 valence electrons. The monoisotopic (exact) mass is 183 g/mol. The number of nitrogens with one attached hydrogen (secondary N) is 1. The van der Waals surface area contributed by atoms with Crippen LogP contribution in [0.1, 0.15) is 47.0 Å². The zero-order chi connectivity index (χ0) is 9.90. The Balaban J connectivity index is 2.56. The maximum absolute atomic E-state index is 3.53. The molecule has 1 heteroatoms. The molecule has 1 N–H and O–H groups in total. The van der Waals surface area contributed by atoms with Crippen LogP contribution >= 0.6 is 0 Å². The predicted molar refractivity (Wildman–Crippen MR) is 58.8 cm³/mol. The van der Waals surface area contributed by atoms with Crippen molar-refractivity contribution in [3.05, 3.63) is 0 Å². The molecule has 2 atom stereocenters. The molecule has 1 heterocycles. The summed E-state index contributed by atoms with van der Waals surface area (Å²) < 4.78 is 0. The number of hydrogen-bond donors (Lipinski definition) is 1. The molecule has 0 saturated carbocycles. The molecule has 1 fully saturated rings. The molecule has 0 aromatic carbocycles. The van der Waals surface area contributed by atoms with E-state index in [0.29, 0.717) is 5.41 Å². The summed E-state index contributed by atoms with van der Waals surface area (Å²) in [5, 5.41) is 3.53. The fraction of sp³-hybridized carbons (Fsp3) is 1.00. The highest BCUT2D eigenvalue weighted by Crippen LogP contribution is 2.37. The van der Waals surface area contributed by atoms with E-state index in [1.807, 2.05) is 0 Å². The molecule has 0 radical (unpaired) electrons. The Kier molecular flexibility index (Phi) is 3.78. The van der Waals surface area contributed by atoms with Crippen molar-refractivity contribution < 1.29 is 0 Å². The smallest absolute Gasteiger partial charge is 0.00129 e. The van der Waals surface area contributed by atoms with Crippen molar-refractivity contribution in [3.63, 3.8) is 0 Å². The summed E-state index contributed by atoms with van der Waals surface area (Å²) in [6.07, 6.45) is 4.15. The van der Waals surface area contributed by atoms with Gasteiger partial charge >= 0.3 is 0 Å². The van der Waals surface area contributed by atoms with E-state index in [9.17, 15) is 0 Å². The number of rotatable bonds is 2. The highest BCUT2D eigenvalue weighted by molar-refractivity contribution is 4.85. The van der Waals surface area contributed by atoms with Crippen molar-refractivity contribution in [2.24, 2.45) is 17.3 Å². The Hall–Kier alpha value is -0.0400. The molecule has 0 aromatic heterocycles. The quantitative estimate of drug-likeness (QED) is 0.694. The largest absolute Gasteiger partial charge is 0.316 e. The van der Waals surface area contributed by atoms with Gasteiger partial charge in [-0.05, 0) is 36.8 Å². The molecule has 1 saturated heterocycles. The minimum absolute atomic E-state index is 0.479. The van der Waals surface area contributed by atoms with E-state index in [-0.39, 0.29) is 0 Å². The summed E-state index contributed by atoms with van der Waals surface area (Å²) in [5.74, 6) is 1.84. The number of hydrogen-bond acceptors (Lipinski definition) is 1. The van der Waals surface area contributed by atoms with Crippen molar-refractivity contribution in [2.75, 3.05) is 13.1 Å². The van der Waals surface area contributed by atoms with E-state index in [1.165, 1.54) is 32.4 Å². The van der Waals surface area contributed by atoms with Gasteiger partial charge in [0.2, 0.25) is 0 Å². The van der Waals surface area contributed by atoms with Crippen LogP contribution in [0.4, 0.5) is 0 Å². The maximum atomic E-state index is 3.53. The van der Waals surface area contributed by atoms with Gasteiger partial charge in [0.25, 0.3) is 0 Å². The number of piperidine rings is 1. The first-order chi connectivity index (χ1) is 6.05. The minimum Gasteiger partial charge on any atom is -0.316 e. The van der Waals surface area contributed by atoms with Crippen molar-refractivity contribution in [1.82, 2.24) is 5.32 Å². The predicted octanol–water partition coefficient (Wildman–Crippen LogP) is 3.06. The molecule has 1 rings (SSSR count). The molecule has 0 aliphatic carbocycles. The molecule has 0 amide bonds. The third kappa shape index (κ3) is 2.98. The summed E-state index contributed by atoms with van der Waals surface area (Å²) in [5.41, 5.74) is 0.479. The first-order valence-corrected chi connectivity index (χ1v) is 5.76. The Morgan fingerprint density at radius 3 is 2.54 bits per heavy atom. The molecular weight excluding hydrogens is 158 g/mol. The normalized spacial score (nSPS) is 30.5. The van der Waals surface area contributed by atoms with Crippen LogP contribution in [0.3, 0.4) is 0 Å². The molecule has 0 aromatic rings. The summed E-state index contributed by atoms with van der Waals surface area (Å²) >= 11 is 0. The van der Waals surface area contributed by atoms with E-state index >= 15 is 0 Å². The lowest BCUT2D eigenvalue weighted by Gasteiger charge is -2.40. The SMILES string of the molecule is CCC[C@H]1CCNC[C@H]1C(C)(C)C. The summed E-state index contributed by atoms with van der Waals surface area (Å²) in [6.45, 7) is 11.9. The standard InChI is InChI=1S/C12H25N/c1-5-6-10-7-8-13-9-11(10)12(2,3)4/h10-11,13H,5-9H2,1-4H3/t10-,11+/m0/s1. The van der Waals surface area contributed by atoms with Gasteiger partial charge < -0.3 is 5.32 Å². The second kappa shape index (κ2) is 4.45. The minimum atomic E-state index is 0.479. The van der Waals surface area contributed by atoms with E-state index in [4.69, 9.17) is 0 Å². The van der Waals surface area contributed by atoms with Crippen LogP contribution in [0.2, 0.25) is 0 Å². The first kappa shape index (κ1) is 11.0. The van der Waals surface area contributed by atoms with Crippen LogP contribution in [0.15, 0.2) is 0 Å². The zero-order valence-corrected chi connectivity index (χ0v) is 9.69. The maximum Gasteiger partial charge on any atom is -0.00129 e. The van der Waals surface area contributed by atoms with Gasteiger partial charge in [-0.25, -0.2) is 0 Å². The van der Waals surface area contributed by atoms with Crippen LogP contribution in [0.5, 0.6) is 0 Å². The molecule has 1 nitrogen and oxygen atoms in total. The van der Waals surface area contributed by atoms with Crippen LogP contribution in [0, 0.1) is 17.3 Å². The van der Waals surface area contributed by atoms with Gasteiger partial charge in [0.15, 0.2) is 0 Å². The van der Waals surface area contributed by atoms with Gasteiger partial charge in [0.05, 0.1) is 0 Å². The van der Waals surface area contributed by atoms with Gasteiger partial charge in [-0.2, -0.15) is 0 Å². The van der Waals surface area contributed by atoms with Crippen molar-refractivity contribution >= 4 is 0 Å². The highest BCUT2D eigenvalue weighted by Gasteiger charge is 2.33. The summed E-state index contributed by atoms with van der Waals surface area (Å²) in [7, 11) is 0. The molecule has 13 heavy (non-hydrogen) atoms. The summed E-state index contributed by atoms with van der Waals surface area (Å²) in [6, 6.07) is 0. The molecule has 0 unspecified atom stereocenters. The molecule has 0 spiro atoms. The fourth-order valence-electron chi connectivity index (χ4n) is 2.64. The Labute approximate surface area is 83.3 Å². The lowest BCUT2D eigenvalue weighted by atomic mass is 9.69. The average molecular weight is 183 g/mol. The third-order valence-corrected chi connectivity index (χ3v) is 3.40. The zero-order valence-electron chi connectivity index (χ0n) is 9.69. The lowest BCUT2D eigenvalue weighted by Crippen LogP contribution is -2.43. The molecular formula is C12H25N. The third-order valence-electron chi connectivity index (χ3n) is 3.40. The molecule has 1 aliphatic rings. The van der Waals surface area contributed by atoms with Gasteiger partial charge in [-0.3, -0.25) is 0 Å². The highest BCUT2D eigenvalue weighted by atomic mass is 14.9. The second-order valence-corrected chi connectivity index (χ2v) is 5.51. The molecule has 0 bridgehead atoms. The van der Waals surface area contributed by atoms with E-state index in [1.54, 1.807) is 0 Å². The first-order valence-electron chi connectivity index (χ1n) is 5.76. The fourth-order valence-corrected chi connectivity index (χ4v) is 2.64. The van der Waals surface area contributed by atoms with Crippen LogP contribution in [-0.4, -0.2) is 13.1 Å². The van der Waals surface area contributed by atoms with E-state index < -0.39 is 0 Å². The van der Waals surface area contributed by atoms with E-state index in [2.05, 4.69) is 33.0 Å². The van der Waals surface area contributed by atoms with Gasteiger partial charge in [-0.15, -0.1) is 0 Å². The van der Waals surface area contributed by atoms with E-state index in [0.717, 1.165) is 11.8 Å². The second-order valence-electron chi connectivity index (χ2n) is 5.51. The average Bonchev–Trinajstić information content (AvgIpc) is 2.04. The summed E-state index contributed by atoms with van der Waals surface area (Å²) in [4.78, 5) is 0. The topological polar surface area (TPSA) is 12.0 Å². The van der Waals surface area contributed by atoms with Crippen molar-refractivity contribution in [1.29, 1.82) is 0 Å².